The molecular weight excluding hydrogens is 260 g/mol. The Bertz CT molecular complexity index is 445. The Morgan fingerprint density at radius 1 is 1.24 bits per heavy atom. The van der Waals surface area contributed by atoms with E-state index < -0.39 is 0 Å². The second-order valence-electron chi connectivity index (χ2n) is 5.48. The van der Waals surface area contributed by atoms with Gasteiger partial charge < -0.3 is 10.5 Å². The minimum Gasteiger partial charge on any atom is -0.489 e. The van der Waals surface area contributed by atoms with Crippen LogP contribution in [0.2, 0.25) is 0 Å². The van der Waals surface area contributed by atoms with Gasteiger partial charge in [0.1, 0.15) is 5.75 Å². The van der Waals surface area contributed by atoms with Gasteiger partial charge in [0.05, 0.1) is 11.8 Å². The lowest BCUT2D eigenvalue weighted by atomic mass is 10.1. The van der Waals surface area contributed by atoms with E-state index in [1.807, 2.05) is 38.1 Å². The van der Waals surface area contributed by atoms with Gasteiger partial charge in [-0.1, -0.05) is 18.2 Å². The van der Waals surface area contributed by atoms with Gasteiger partial charge in [-0.2, -0.15) is 0 Å². The lowest BCUT2D eigenvalue weighted by molar-refractivity contribution is 0.244. The number of hydrogen-bond donors (Lipinski definition) is 1. The SMILES string of the molecule is C=CCN(CC=C)CCCc1ccc(OC(C)C)c(N)c1. The van der Waals surface area contributed by atoms with Crippen molar-refractivity contribution < 1.29 is 4.74 Å². The third-order valence-corrected chi connectivity index (χ3v) is 3.15. The molecule has 0 saturated heterocycles. The van der Waals surface area contributed by atoms with Gasteiger partial charge in [-0.3, -0.25) is 4.90 Å². The van der Waals surface area contributed by atoms with Crippen LogP contribution < -0.4 is 10.5 Å². The third kappa shape index (κ3) is 6.50. The van der Waals surface area contributed by atoms with Gasteiger partial charge in [0.15, 0.2) is 0 Å². The first-order chi connectivity index (χ1) is 10.1. The lowest BCUT2D eigenvalue weighted by Gasteiger charge is -2.18. The van der Waals surface area contributed by atoms with Crippen LogP contribution >= 0.6 is 0 Å². The van der Waals surface area contributed by atoms with Gasteiger partial charge in [0.2, 0.25) is 0 Å². The molecule has 0 radical (unpaired) electrons. The fourth-order valence-electron chi connectivity index (χ4n) is 2.24. The molecule has 0 aliphatic rings. The van der Waals surface area contributed by atoms with E-state index in [0.29, 0.717) is 0 Å². The average Bonchev–Trinajstić information content (AvgIpc) is 2.42. The highest BCUT2D eigenvalue weighted by atomic mass is 16.5. The fourth-order valence-corrected chi connectivity index (χ4v) is 2.24. The van der Waals surface area contributed by atoms with E-state index in [0.717, 1.165) is 43.9 Å². The molecule has 0 amide bonds. The van der Waals surface area contributed by atoms with Gasteiger partial charge in [0, 0.05) is 13.1 Å². The molecule has 0 aliphatic carbocycles. The number of anilines is 1. The maximum atomic E-state index is 6.03. The Kier molecular flexibility index (Phi) is 7.62. The van der Waals surface area contributed by atoms with Crippen molar-refractivity contribution in [3.05, 3.63) is 49.1 Å². The Morgan fingerprint density at radius 2 is 1.90 bits per heavy atom. The molecule has 1 aromatic rings. The van der Waals surface area contributed by atoms with E-state index in [-0.39, 0.29) is 6.10 Å². The van der Waals surface area contributed by atoms with E-state index in [4.69, 9.17) is 10.5 Å². The molecule has 0 bridgehead atoms. The molecule has 21 heavy (non-hydrogen) atoms. The minimum atomic E-state index is 0.143. The summed E-state index contributed by atoms with van der Waals surface area (Å²) in [6.07, 6.45) is 6.10. The molecule has 1 rings (SSSR count). The van der Waals surface area contributed by atoms with Gasteiger partial charge in [-0.05, 0) is 50.9 Å². The summed E-state index contributed by atoms with van der Waals surface area (Å²) in [5, 5.41) is 0. The Balaban J connectivity index is 2.49. The summed E-state index contributed by atoms with van der Waals surface area (Å²) in [7, 11) is 0. The molecular formula is C18H28N2O. The molecule has 0 spiro atoms. The van der Waals surface area contributed by atoms with E-state index in [2.05, 4.69) is 24.1 Å². The highest BCUT2D eigenvalue weighted by Crippen LogP contribution is 2.24. The normalized spacial score (nSPS) is 10.9. The Labute approximate surface area is 129 Å². The van der Waals surface area contributed by atoms with Crippen molar-refractivity contribution in [2.24, 2.45) is 0 Å². The highest BCUT2D eigenvalue weighted by molar-refractivity contribution is 5.54. The maximum absolute atomic E-state index is 6.03. The zero-order chi connectivity index (χ0) is 15.7. The summed E-state index contributed by atoms with van der Waals surface area (Å²) >= 11 is 0. The van der Waals surface area contributed by atoms with Crippen molar-refractivity contribution in [2.75, 3.05) is 25.4 Å². The van der Waals surface area contributed by atoms with E-state index in [1.54, 1.807) is 0 Å². The van der Waals surface area contributed by atoms with Crippen LogP contribution in [-0.2, 0) is 6.42 Å². The second kappa shape index (κ2) is 9.24. The molecule has 0 aromatic heterocycles. The number of nitrogen functional groups attached to an aromatic ring is 1. The number of hydrogen-bond acceptors (Lipinski definition) is 3. The van der Waals surface area contributed by atoms with Crippen LogP contribution in [0.1, 0.15) is 25.8 Å². The molecule has 3 heteroatoms. The molecule has 0 heterocycles. The van der Waals surface area contributed by atoms with Gasteiger partial charge in [0.25, 0.3) is 0 Å². The lowest BCUT2D eigenvalue weighted by Crippen LogP contribution is -2.25. The standard InChI is InChI=1S/C18H28N2O/c1-5-11-20(12-6-2)13-7-8-16-9-10-18(17(19)14-16)21-15(3)4/h5-6,9-10,14-15H,1-2,7-8,11-13,19H2,3-4H3. The molecule has 0 fully saturated rings. The van der Waals surface area contributed by atoms with Crippen LogP contribution in [0.5, 0.6) is 5.75 Å². The Morgan fingerprint density at radius 3 is 2.43 bits per heavy atom. The number of rotatable bonds is 10. The molecule has 0 atom stereocenters. The minimum absolute atomic E-state index is 0.143. The van der Waals surface area contributed by atoms with Crippen LogP contribution in [-0.4, -0.2) is 30.6 Å². The number of nitrogens with two attached hydrogens (primary N) is 1. The van der Waals surface area contributed by atoms with Crippen molar-refractivity contribution >= 4 is 5.69 Å². The van der Waals surface area contributed by atoms with Crippen LogP contribution in [0.25, 0.3) is 0 Å². The number of ether oxygens (including phenoxy) is 1. The van der Waals surface area contributed by atoms with Crippen LogP contribution in [0.15, 0.2) is 43.5 Å². The zero-order valence-electron chi connectivity index (χ0n) is 13.3. The first-order valence-electron chi connectivity index (χ1n) is 7.56. The fraction of sp³-hybridized carbons (Fsp3) is 0.444. The number of benzene rings is 1. The first-order valence-corrected chi connectivity index (χ1v) is 7.56. The van der Waals surface area contributed by atoms with Crippen LogP contribution in [0, 0.1) is 0 Å². The van der Waals surface area contributed by atoms with Gasteiger partial charge in [-0.25, -0.2) is 0 Å². The average molecular weight is 288 g/mol. The third-order valence-electron chi connectivity index (χ3n) is 3.15. The van der Waals surface area contributed by atoms with Crippen molar-refractivity contribution in [2.45, 2.75) is 32.8 Å². The van der Waals surface area contributed by atoms with Crippen molar-refractivity contribution in [1.82, 2.24) is 4.90 Å². The summed E-state index contributed by atoms with van der Waals surface area (Å²) in [6, 6.07) is 6.08. The van der Waals surface area contributed by atoms with Gasteiger partial charge >= 0.3 is 0 Å². The summed E-state index contributed by atoms with van der Waals surface area (Å²) in [6.45, 7) is 14.4. The summed E-state index contributed by atoms with van der Waals surface area (Å²) in [5.74, 6) is 0.772. The highest BCUT2D eigenvalue weighted by Gasteiger charge is 2.05. The van der Waals surface area contributed by atoms with Crippen LogP contribution in [0.4, 0.5) is 5.69 Å². The molecule has 0 aliphatic heterocycles. The monoisotopic (exact) mass is 288 g/mol. The maximum Gasteiger partial charge on any atom is 0.142 e. The number of nitrogens with zero attached hydrogens (tertiary/aromatic N) is 1. The van der Waals surface area contributed by atoms with Gasteiger partial charge in [-0.15, -0.1) is 13.2 Å². The predicted molar refractivity (Wildman–Crippen MR) is 91.8 cm³/mol. The van der Waals surface area contributed by atoms with Crippen LogP contribution in [0.3, 0.4) is 0 Å². The Hall–Kier alpha value is -1.74. The molecule has 1 aromatic carbocycles. The van der Waals surface area contributed by atoms with Crippen molar-refractivity contribution in [3.8, 4) is 5.75 Å². The van der Waals surface area contributed by atoms with Crippen molar-refractivity contribution in [1.29, 1.82) is 0 Å². The zero-order valence-corrected chi connectivity index (χ0v) is 13.3. The van der Waals surface area contributed by atoms with E-state index >= 15 is 0 Å². The summed E-state index contributed by atoms with van der Waals surface area (Å²) in [5.41, 5.74) is 8.00. The van der Waals surface area contributed by atoms with E-state index in [9.17, 15) is 0 Å². The number of aryl methyl sites for hydroxylation is 1. The second-order valence-corrected chi connectivity index (χ2v) is 5.48. The molecule has 3 nitrogen and oxygen atoms in total. The quantitative estimate of drug-likeness (QED) is 0.527. The topological polar surface area (TPSA) is 38.5 Å². The van der Waals surface area contributed by atoms with Crippen molar-refractivity contribution in [3.63, 3.8) is 0 Å². The molecule has 2 N–H and O–H groups in total. The largest absolute Gasteiger partial charge is 0.489 e. The van der Waals surface area contributed by atoms with E-state index in [1.165, 1.54) is 5.56 Å². The molecule has 116 valence electrons. The molecule has 0 saturated carbocycles. The smallest absolute Gasteiger partial charge is 0.142 e. The predicted octanol–water partition coefficient (Wildman–Crippen LogP) is 3.66. The first kappa shape index (κ1) is 17.3. The summed E-state index contributed by atoms with van der Waals surface area (Å²) < 4.78 is 5.65. The molecule has 0 unspecified atom stereocenters. The summed E-state index contributed by atoms with van der Waals surface area (Å²) in [4.78, 5) is 2.32.